The molecule has 5 nitrogen and oxygen atoms in total. The molecule has 7 heteroatoms. The summed E-state index contributed by atoms with van der Waals surface area (Å²) < 4.78 is 19.0. The molecule has 0 atom stereocenters. The number of nitrogens with zero attached hydrogens (tertiary/aromatic N) is 2. The summed E-state index contributed by atoms with van der Waals surface area (Å²) in [4.78, 5) is 19.3. The van der Waals surface area contributed by atoms with Gasteiger partial charge in [0, 0.05) is 23.0 Å². The number of anilines is 2. The average molecular weight is 458 g/mol. The van der Waals surface area contributed by atoms with E-state index in [1.54, 1.807) is 54.7 Å². The van der Waals surface area contributed by atoms with Crippen molar-refractivity contribution >= 4 is 29.4 Å². The van der Waals surface area contributed by atoms with Crippen molar-refractivity contribution in [3.05, 3.63) is 112 Å². The fourth-order valence-corrected chi connectivity index (χ4v) is 3.21. The van der Waals surface area contributed by atoms with Crippen LogP contribution >= 0.6 is 11.6 Å². The van der Waals surface area contributed by atoms with Crippen LogP contribution in [0.1, 0.15) is 27.0 Å². The Kier molecular flexibility index (Phi) is 6.93. The standard InChI is InChI=1S/C26H17ClFN3O2/c27-24-13-23(9-10-25(24)33-16-20-5-2-6-22(28)12-20)31-26-21(14-29-17-30-26)8-7-18-3-1-4-19(11-18)15-32/h1-6,9-15,17H,16H2,(H,29,30,31). The number of aromatic nitrogens is 2. The second kappa shape index (κ2) is 10.4. The Bertz CT molecular complexity index is 1360. The van der Waals surface area contributed by atoms with E-state index in [2.05, 4.69) is 27.1 Å². The number of rotatable bonds is 6. The van der Waals surface area contributed by atoms with Gasteiger partial charge in [-0.2, -0.15) is 0 Å². The van der Waals surface area contributed by atoms with Gasteiger partial charge in [-0.15, -0.1) is 0 Å². The molecule has 0 spiro atoms. The van der Waals surface area contributed by atoms with Crippen LogP contribution < -0.4 is 10.1 Å². The molecule has 0 aliphatic heterocycles. The van der Waals surface area contributed by atoms with Gasteiger partial charge in [0.05, 0.1) is 10.6 Å². The van der Waals surface area contributed by atoms with Gasteiger partial charge in [0.1, 0.15) is 36.6 Å². The molecule has 0 radical (unpaired) electrons. The van der Waals surface area contributed by atoms with Gasteiger partial charge in [-0.1, -0.05) is 47.7 Å². The van der Waals surface area contributed by atoms with Crippen LogP contribution in [-0.4, -0.2) is 16.3 Å². The summed E-state index contributed by atoms with van der Waals surface area (Å²) in [5.41, 5.74) is 3.23. The number of halogens is 2. The first-order valence-corrected chi connectivity index (χ1v) is 10.3. The van der Waals surface area contributed by atoms with Crippen molar-refractivity contribution in [1.82, 2.24) is 9.97 Å². The normalized spacial score (nSPS) is 10.1. The minimum absolute atomic E-state index is 0.196. The van der Waals surface area contributed by atoms with Crippen molar-refractivity contribution in [2.24, 2.45) is 0 Å². The summed E-state index contributed by atoms with van der Waals surface area (Å²) in [5, 5.41) is 3.57. The molecule has 4 aromatic rings. The Morgan fingerprint density at radius 1 is 1.06 bits per heavy atom. The molecule has 1 aromatic heterocycles. The number of ether oxygens (including phenoxy) is 1. The summed E-state index contributed by atoms with van der Waals surface area (Å²) in [6.45, 7) is 0.196. The lowest BCUT2D eigenvalue weighted by atomic mass is 10.1. The maximum absolute atomic E-state index is 13.3. The highest BCUT2D eigenvalue weighted by molar-refractivity contribution is 6.32. The lowest BCUT2D eigenvalue weighted by Crippen LogP contribution is -1.99. The number of aldehydes is 1. The molecule has 0 saturated carbocycles. The van der Waals surface area contributed by atoms with E-state index >= 15 is 0 Å². The molecule has 1 N–H and O–H groups in total. The Morgan fingerprint density at radius 3 is 2.76 bits per heavy atom. The molecule has 33 heavy (non-hydrogen) atoms. The van der Waals surface area contributed by atoms with Gasteiger partial charge in [0.15, 0.2) is 0 Å². The van der Waals surface area contributed by atoms with E-state index in [0.29, 0.717) is 44.5 Å². The molecule has 0 saturated heterocycles. The van der Waals surface area contributed by atoms with Crippen molar-refractivity contribution in [1.29, 1.82) is 0 Å². The van der Waals surface area contributed by atoms with Gasteiger partial charge in [0.2, 0.25) is 0 Å². The lowest BCUT2D eigenvalue weighted by Gasteiger charge is -2.11. The number of hydrogen-bond donors (Lipinski definition) is 1. The van der Waals surface area contributed by atoms with Gasteiger partial charge in [-0.05, 0) is 48.0 Å². The number of nitrogens with one attached hydrogen (secondary N) is 1. The highest BCUT2D eigenvalue weighted by atomic mass is 35.5. The fraction of sp³-hybridized carbons (Fsp3) is 0.0385. The maximum atomic E-state index is 13.3. The predicted molar refractivity (Wildman–Crippen MR) is 125 cm³/mol. The van der Waals surface area contributed by atoms with E-state index < -0.39 is 0 Å². The van der Waals surface area contributed by atoms with Crippen LogP contribution in [0.15, 0.2) is 79.3 Å². The van der Waals surface area contributed by atoms with Gasteiger partial charge in [-0.3, -0.25) is 4.79 Å². The van der Waals surface area contributed by atoms with E-state index in [-0.39, 0.29) is 12.4 Å². The van der Waals surface area contributed by atoms with Crippen LogP contribution in [0.5, 0.6) is 5.75 Å². The molecule has 3 aromatic carbocycles. The van der Waals surface area contributed by atoms with Crippen LogP contribution in [0.2, 0.25) is 5.02 Å². The summed E-state index contributed by atoms with van der Waals surface area (Å²) in [7, 11) is 0. The topological polar surface area (TPSA) is 64.1 Å². The van der Waals surface area contributed by atoms with Gasteiger partial charge < -0.3 is 10.1 Å². The monoisotopic (exact) mass is 457 g/mol. The minimum Gasteiger partial charge on any atom is -0.487 e. The first-order valence-electron chi connectivity index (χ1n) is 9.92. The second-order valence-electron chi connectivity index (χ2n) is 6.97. The predicted octanol–water partition coefficient (Wildman–Crippen LogP) is 5.80. The molecular formula is C26H17ClFN3O2. The average Bonchev–Trinajstić information content (AvgIpc) is 2.83. The smallest absolute Gasteiger partial charge is 0.150 e. The third-order valence-electron chi connectivity index (χ3n) is 4.55. The molecule has 162 valence electrons. The van der Waals surface area contributed by atoms with Gasteiger partial charge in [-0.25, -0.2) is 14.4 Å². The summed E-state index contributed by atoms with van der Waals surface area (Å²) in [6.07, 6.45) is 3.79. The number of hydrogen-bond acceptors (Lipinski definition) is 5. The zero-order chi connectivity index (χ0) is 23.0. The van der Waals surface area contributed by atoms with Crippen molar-refractivity contribution in [3.8, 4) is 17.6 Å². The van der Waals surface area contributed by atoms with Crippen molar-refractivity contribution < 1.29 is 13.9 Å². The molecule has 0 amide bonds. The van der Waals surface area contributed by atoms with E-state index in [4.69, 9.17) is 16.3 Å². The molecule has 1 heterocycles. The molecule has 0 unspecified atom stereocenters. The van der Waals surface area contributed by atoms with Crippen LogP contribution in [0.25, 0.3) is 0 Å². The molecule has 0 fully saturated rings. The van der Waals surface area contributed by atoms with E-state index in [1.807, 2.05) is 6.07 Å². The van der Waals surface area contributed by atoms with E-state index in [9.17, 15) is 9.18 Å². The van der Waals surface area contributed by atoms with Crippen molar-refractivity contribution in [2.45, 2.75) is 6.61 Å². The van der Waals surface area contributed by atoms with Crippen LogP contribution in [-0.2, 0) is 6.61 Å². The Labute approximate surface area is 195 Å². The first kappa shape index (κ1) is 22.0. The highest BCUT2D eigenvalue weighted by Crippen LogP contribution is 2.30. The number of carbonyl (C=O) groups is 1. The summed E-state index contributed by atoms with van der Waals surface area (Å²) in [5.74, 6) is 6.71. The van der Waals surface area contributed by atoms with E-state index in [1.165, 1.54) is 18.5 Å². The third kappa shape index (κ3) is 5.94. The zero-order valence-electron chi connectivity index (χ0n) is 17.3. The zero-order valence-corrected chi connectivity index (χ0v) is 18.0. The Morgan fingerprint density at radius 2 is 1.94 bits per heavy atom. The maximum Gasteiger partial charge on any atom is 0.150 e. The third-order valence-corrected chi connectivity index (χ3v) is 4.85. The first-order chi connectivity index (χ1) is 16.1. The van der Waals surface area contributed by atoms with Gasteiger partial charge in [0.25, 0.3) is 0 Å². The van der Waals surface area contributed by atoms with Crippen LogP contribution in [0.3, 0.4) is 0 Å². The molecule has 0 aliphatic rings. The Balaban J connectivity index is 1.49. The van der Waals surface area contributed by atoms with Crippen molar-refractivity contribution in [3.63, 3.8) is 0 Å². The summed E-state index contributed by atoms with van der Waals surface area (Å²) >= 11 is 6.37. The quantitative estimate of drug-likeness (QED) is 0.292. The highest BCUT2D eigenvalue weighted by Gasteiger charge is 2.07. The SMILES string of the molecule is O=Cc1cccc(C#Cc2cncnc2Nc2ccc(OCc3cccc(F)c3)c(Cl)c2)c1. The van der Waals surface area contributed by atoms with Crippen LogP contribution in [0.4, 0.5) is 15.9 Å². The largest absolute Gasteiger partial charge is 0.487 e. The molecule has 4 rings (SSSR count). The number of benzene rings is 3. The van der Waals surface area contributed by atoms with Crippen molar-refractivity contribution in [2.75, 3.05) is 5.32 Å². The second-order valence-corrected chi connectivity index (χ2v) is 7.37. The molecular weight excluding hydrogens is 441 g/mol. The lowest BCUT2D eigenvalue weighted by molar-refractivity contribution is 0.112. The minimum atomic E-state index is -0.318. The van der Waals surface area contributed by atoms with Crippen LogP contribution in [0, 0.1) is 17.7 Å². The summed E-state index contributed by atoms with van der Waals surface area (Å²) in [6, 6.07) is 18.4. The number of carbonyl (C=O) groups excluding carboxylic acids is 1. The Hall–Kier alpha value is -4.21. The molecule has 0 aliphatic carbocycles. The van der Waals surface area contributed by atoms with Gasteiger partial charge >= 0.3 is 0 Å². The fourth-order valence-electron chi connectivity index (χ4n) is 2.97. The molecule has 0 bridgehead atoms. The van der Waals surface area contributed by atoms with E-state index in [0.717, 1.165) is 6.29 Å².